The summed E-state index contributed by atoms with van der Waals surface area (Å²) in [6.45, 7) is 3.98. The zero-order valence-corrected chi connectivity index (χ0v) is 16.7. The van der Waals surface area contributed by atoms with Gasteiger partial charge in [0, 0.05) is 5.56 Å². The fourth-order valence-corrected chi connectivity index (χ4v) is 2.90. The third-order valence-corrected chi connectivity index (χ3v) is 4.35. The first kappa shape index (κ1) is 20.4. The standard InChI is InChI=1S/C22H19ClN2O4/c1-3-28-22(27)16-7-5-15(6-8-16)20-11-9-17(29-20)13-24-25-21(26)18-10-4-14(2)12-19(18)23/h4-13H,3H2,1-2H3,(H,25,26)/b24-13+. The van der Waals surface area contributed by atoms with Crippen molar-refractivity contribution < 1.29 is 18.7 Å². The molecule has 0 saturated carbocycles. The predicted molar refractivity (Wildman–Crippen MR) is 111 cm³/mol. The van der Waals surface area contributed by atoms with Crippen LogP contribution in [0.1, 0.15) is 39.0 Å². The van der Waals surface area contributed by atoms with Crippen molar-refractivity contribution in [1.29, 1.82) is 0 Å². The molecule has 0 unspecified atom stereocenters. The Morgan fingerprint density at radius 1 is 1.14 bits per heavy atom. The number of rotatable bonds is 6. The van der Waals surface area contributed by atoms with Crippen molar-refractivity contribution >= 4 is 29.7 Å². The Labute approximate surface area is 173 Å². The molecule has 6 nitrogen and oxygen atoms in total. The highest BCUT2D eigenvalue weighted by Crippen LogP contribution is 2.22. The smallest absolute Gasteiger partial charge is 0.338 e. The van der Waals surface area contributed by atoms with Gasteiger partial charge in [-0.05, 0) is 55.8 Å². The number of ether oxygens (including phenoxy) is 1. The SMILES string of the molecule is CCOC(=O)c1ccc(-c2ccc(/C=N/NC(=O)c3ccc(C)cc3Cl)o2)cc1. The van der Waals surface area contributed by atoms with Crippen molar-refractivity contribution in [2.45, 2.75) is 13.8 Å². The number of carbonyl (C=O) groups is 2. The van der Waals surface area contributed by atoms with Crippen molar-refractivity contribution in [2.24, 2.45) is 5.10 Å². The van der Waals surface area contributed by atoms with Crippen molar-refractivity contribution in [1.82, 2.24) is 5.43 Å². The molecule has 1 N–H and O–H groups in total. The molecule has 1 aromatic heterocycles. The monoisotopic (exact) mass is 410 g/mol. The number of benzene rings is 2. The van der Waals surface area contributed by atoms with Crippen LogP contribution < -0.4 is 5.43 Å². The molecule has 2 aromatic carbocycles. The van der Waals surface area contributed by atoms with Crippen LogP contribution in [0.15, 0.2) is 64.1 Å². The van der Waals surface area contributed by atoms with Crippen LogP contribution in [0, 0.1) is 6.92 Å². The van der Waals surface area contributed by atoms with Gasteiger partial charge in [-0.25, -0.2) is 10.2 Å². The van der Waals surface area contributed by atoms with Gasteiger partial charge in [0.25, 0.3) is 5.91 Å². The van der Waals surface area contributed by atoms with E-state index in [0.29, 0.717) is 34.3 Å². The number of aryl methyl sites for hydroxylation is 1. The van der Waals surface area contributed by atoms with E-state index >= 15 is 0 Å². The molecule has 0 radical (unpaired) electrons. The second kappa shape index (κ2) is 9.21. The Kier molecular flexibility index (Phi) is 6.46. The lowest BCUT2D eigenvalue weighted by atomic mass is 10.1. The highest BCUT2D eigenvalue weighted by atomic mass is 35.5. The number of carbonyl (C=O) groups excluding carboxylic acids is 2. The van der Waals surface area contributed by atoms with Gasteiger partial charge in [0.05, 0.1) is 29.0 Å². The summed E-state index contributed by atoms with van der Waals surface area (Å²) in [6.07, 6.45) is 1.40. The highest BCUT2D eigenvalue weighted by molar-refractivity contribution is 6.33. The van der Waals surface area contributed by atoms with Gasteiger partial charge in [-0.1, -0.05) is 29.8 Å². The Bertz CT molecular complexity index is 1050. The Balaban J connectivity index is 1.64. The van der Waals surface area contributed by atoms with Gasteiger partial charge in [-0.15, -0.1) is 0 Å². The maximum Gasteiger partial charge on any atom is 0.338 e. The van der Waals surface area contributed by atoms with E-state index in [0.717, 1.165) is 11.1 Å². The minimum Gasteiger partial charge on any atom is -0.462 e. The molecule has 3 rings (SSSR count). The molecule has 148 valence electrons. The number of hydrazone groups is 1. The topological polar surface area (TPSA) is 80.9 Å². The number of halogens is 1. The van der Waals surface area contributed by atoms with Gasteiger partial charge in [-0.3, -0.25) is 4.79 Å². The lowest BCUT2D eigenvalue weighted by molar-refractivity contribution is 0.0526. The van der Waals surface area contributed by atoms with E-state index in [-0.39, 0.29) is 5.97 Å². The number of furan rings is 1. The van der Waals surface area contributed by atoms with Crippen LogP contribution in [0.2, 0.25) is 5.02 Å². The Morgan fingerprint density at radius 3 is 2.59 bits per heavy atom. The average Bonchev–Trinajstić information content (AvgIpc) is 3.17. The van der Waals surface area contributed by atoms with E-state index in [4.69, 9.17) is 20.8 Å². The molecule has 0 atom stereocenters. The first-order valence-corrected chi connectivity index (χ1v) is 9.32. The highest BCUT2D eigenvalue weighted by Gasteiger charge is 2.10. The number of hydrogen-bond donors (Lipinski definition) is 1. The van der Waals surface area contributed by atoms with Crippen LogP contribution >= 0.6 is 11.6 Å². The molecule has 0 spiro atoms. The number of nitrogens with zero attached hydrogens (tertiary/aromatic N) is 1. The number of esters is 1. The largest absolute Gasteiger partial charge is 0.462 e. The summed E-state index contributed by atoms with van der Waals surface area (Å²) in [6, 6.07) is 15.6. The van der Waals surface area contributed by atoms with E-state index in [1.165, 1.54) is 6.21 Å². The van der Waals surface area contributed by atoms with Crippen molar-refractivity contribution in [2.75, 3.05) is 6.61 Å². The minimum absolute atomic E-state index is 0.328. The van der Waals surface area contributed by atoms with E-state index < -0.39 is 5.91 Å². The number of nitrogens with one attached hydrogen (secondary N) is 1. The molecule has 0 aliphatic heterocycles. The van der Waals surface area contributed by atoms with Gasteiger partial charge in [0.1, 0.15) is 11.5 Å². The van der Waals surface area contributed by atoms with E-state index in [9.17, 15) is 9.59 Å². The molecule has 1 heterocycles. The van der Waals surface area contributed by atoms with Crippen LogP contribution in [0.25, 0.3) is 11.3 Å². The zero-order valence-electron chi connectivity index (χ0n) is 15.9. The van der Waals surface area contributed by atoms with Crippen molar-refractivity contribution in [3.63, 3.8) is 0 Å². The van der Waals surface area contributed by atoms with Crippen LogP contribution in [0.4, 0.5) is 0 Å². The quantitative estimate of drug-likeness (QED) is 0.358. The molecule has 0 bridgehead atoms. The fourth-order valence-electron chi connectivity index (χ4n) is 2.58. The summed E-state index contributed by atoms with van der Waals surface area (Å²) < 4.78 is 10.7. The average molecular weight is 411 g/mol. The van der Waals surface area contributed by atoms with Crippen LogP contribution in [0.5, 0.6) is 0 Å². The first-order valence-electron chi connectivity index (χ1n) is 8.95. The van der Waals surface area contributed by atoms with Gasteiger partial charge >= 0.3 is 5.97 Å². The maximum atomic E-state index is 12.1. The van der Waals surface area contributed by atoms with Crippen LogP contribution in [0.3, 0.4) is 0 Å². The van der Waals surface area contributed by atoms with Gasteiger partial charge < -0.3 is 9.15 Å². The molecule has 3 aromatic rings. The first-order chi connectivity index (χ1) is 14.0. The second-order valence-electron chi connectivity index (χ2n) is 6.18. The summed E-state index contributed by atoms with van der Waals surface area (Å²) >= 11 is 6.08. The third-order valence-electron chi connectivity index (χ3n) is 4.03. The lowest BCUT2D eigenvalue weighted by Crippen LogP contribution is -2.18. The van der Waals surface area contributed by atoms with Gasteiger partial charge in [0.2, 0.25) is 0 Å². The molecule has 0 aliphatic carbocycles. The number of hydrogen-bond acceptors (Lipinski definition) is 5. The summed E-state index contributed by atoms with van der Waals surface area (Å²) in [5.74, 6) is 0.294. The lowest BCUT2D eigenvalue weighted by Gasteiger charge is -2.03. The van der Waals surface area contributed by atoms with Crippen molar-refractivity contribution in [3.8, 4) is 11.3 Å². The molecule has 29 heavy (non-hydrogen) atoms. The maximum absolute atomic E-state index is 12.1. The van der Waals surface area contributed by atoms with E-state index in [1.54, 1.807) is 61.5 Å². The summed E-state index contributed by atoms with van der Waals surface area (Å²) in [5, 5.41) is 4.27. The molecular weight excluding hydrogens is 392 g/mol. The Hall–Kier alpha value is -3.38. The van der Waals surface area contributed by atoms with Gasteiger partial charge in [0.15, 0.2) is 0 Å². The summed E-state index contributed by atoms with van der Waals surface area (Å²) in [5.41, 5.74) is 5.01. The molecule has 0 saturated heterocycles. The molecule has 0 aliphatic rings. The van der Waals surface area contributed by atoms with E-state index in [1.807, 2.05) is 6.92 Å². The zero-order chi connectivity index (χ0) is 20.8. The van der Waals surface area contributed by atoms with Crippen LogP contribution in [-0.4, -0.2) is 24.7 Å². The van der Waals surface area contributed by atoms with Crippen molar-refractivity contribution in [3.05, 3.63) is 82.1 Å². The normalized spacial score (nSPS) is 10.9. The molecule has 0 fully saturated rings. The van der Waals surface area contributed by atoms with Gasteiger partial charge in [-0.2, -0.15) is 5.10 Å². The third kappa shape index (κ3) is 5.12. The minimum atomic E-state index is -0.410. The predicted octanol–water partition coefficient (Wildman–Crippen LogP) is 4.85. The molecule has 7 heteroatoms. The second-order valence-corrected chi connectivity index (χ2v) is 6.59. The molecule has 1 amide bonds. The van der Waals surface area contributed by atoms with E-state index in [2.05, 4.69) is 10.5 Å². The summed E-state index contributed by atoms with van der Waals surface area (Å²) in [7, 11) is 0. The molecular formula is C22H19ClN2O4. The van der Waals surface area contributed by atoms with Crippen LogP contribution in [-0.2, 0) is 4.74 Å². The number of amides is 1. The Morgan fingerprint density at radius 2 is 1.90 bits per heavy atom. The fraction of sp³-hybridized carbons (Fsp3) is 0.136. The summed E-state index contributed by atoms with van der Waals surface area (Å²) in [4.78, 5) is 23.9.